The van der Waals surface area contributed by atoms with Gasteiger partial charge in [-0.2, -0.15) is 0 Å². The van der Waals surface area contributed by atoms with Crippen LogP contribution in [0.1, 0.15) is 87.0 Å². The molecule has 7 N–H and O–H groups in total. The molecule has 5 aliphatic rings. The summed E-state index contributed by atoms with van der Waals surface area (Å²) in [5.41, 5.74) is -4.53. The highest BCUT2D eigenvalue weighted by Gasteiger charge is 2.74. The van der Waals surface area contributed by atoms with Gasteiger partial charge in [0.1, 0.15) is 35.8 Å². The van der Waals surface area contributed by atoms with Crippen LogP contribution in [0, 0.1) is 34.0 Å². The SMILES string of the molecule is CC1=C(OC2OC(CO)C(O)C(O)C2O)C(=O)CC2C1=CCC1C2(C)C(=O)CC2(C)C(C(C)(O)C(=O)CCC(C)(C)O)C(O)CC12C. The molecule has 1 saturated heterocycles. The highest BCUT2D eigenvalue weighted by atomic mass is 16.7. The number of rotatable bonds is 8. The molecule has 0 bridgehead atoms. The van der Waals surface area contributed by atoms with E-state index in [1.165, 1.54) is 6.92 Å². The average molecular weight is 665 g/mol. The van der Waals surface area contributed by atoms with Crippen LogP contribution in [0.15, 0.2) is 23.0 Å². The van der Waals surface area contributed by atoms with E-state index >= 15 is 0 Å². The van der Waals surface area contributed by atoms with Gasteiger partial charge in [-0.3, -0.25) is 14.4 Å². The lowest BCUT2D eigenvalue weighted by atomic mass is 9.39. The number of hydrogen-bond donors (Lipinski definition) is 7. The number of fused-ring (bicyclic) bond motifs is 5. The first-order valence-electron chi connectivity index (χ1n) is 16.7. The van der Waals surface area contributed by atoms with Gasteiger partial charge >= 0.3 is 0 Å². The second-order valence-corrected chi connectivity index (χ2v) is 16.2. The lowest BCUT2D eigenvalue weighted by molar-refractivity contribution is -0.291. The number of ether oxygens (including phenoxy) is 2. The molecule has 4 aliphatic carbocycles. The summed E-state index contributed by atoms with van der Waals surface area (Å²) in [5.74, 6) is -2.90. The zero-order valence-corrected chi connectivity index (χ0v) is 28.4. The van der Waals surface area contributed by atoms with Crippen molar-refractivity contribution in [2.24, 2.45) is 34.0 Å². The maximum atomic E-state index is 14.5. The fraction of sp³-hybridized carbons (Fsp3) is 0.800. The van der Waals surface area contributed by atoms with E-state index in [9.17, 15) is 50.1 Å². The first-order valence-corrected chi connectivity index (χ1v) is 16.7. The van der Waals surface area contributed by atoms with Crippen LogP contribution in [0.3, 0.4) is 0 Å². The number of aliphatic hydroxyl groups is 7. The fourth-order valence-electron chi connectivity index (χ4n) is 10.1. The Bertz CT molecular complexity index is 1370. The first-order chi connectivity index (χ1) is 21.6. The Morgan fingerprint density at radius 1 is 1.02 bits per heavy atom. The second-order valence-electron chi connectivity index (χ2n) is 16.2. The summed E-state index contributed by atoms with van der Waals surface area (Å²) in [6, 6.07) is 0. The lowest BCUT2D eigenvalue weighted by Gasteiger charge is -2.63. The van der Waals surface area contributed by atoms with Crippen molar-refractivity contribution < 1.29 is 59.6 Å². The molecule has 1 heterocycles. The molecule has 5 rings (SSSR count). The highest BCUT2D eigenvalue weighted by Crippen LogP contribution is 2.73. The molecule has 0 radical (unpaired) electrons. The maximum Gasteiger partial charge on any atom is 0.229 e. The normalized spacial score (nSPS) is 45.1. The zero-order chi connectivity index (χ0) is 35.2. The van der Waals surface area contributed by atoms with E-state index in [0.29, 0.717) is 12.0 Å². The van der Waals surface area contributed by atoms with Crippen LogP contribution in [0.25, 0.3) is 0 Å². The summed E-state index contributed by atoms with van der Waals surface area (Å²) in [7, 11) is 0. The number of allylic oxidation sites excluding steroid dienone is 4. The number of aliphatic hydroxyl groups excluding tert-OH is 5. The molecule has 1 aliphatic heterocycles. The molecule has 0 aromatic rings. The van der Waals surface area contributed by atoms with Gasteiger partial charge in [0.15, 0.2) is 17.3 Å². The average Bonchev–Trinajstić information content (AvgIpc) is 3.18. The molecule has 47 heavy (non-hydrogen) atoms. The predicted molar refractivity (Wildman–Crippen MR) is 166 cm³/mol. The van der Waals surface area contributed by atoms with Gasteiger partial charge in [-0.1, -0.05) is 26.8 Å². The summed E-state index contributed by atoms with van der Waals surface area (Å²) in [5, 5.41) is 74.0. The van der Waals surface area contributed by atoms with Crippen LogP contribution in [-0.2, 0) is 23.9 Å². The molecule has 0 aromatic carbocycles. The number of hydrogen-bond acceptors (Lipinski definition) is 12. The summed E-state index contributed by atoms with van der Waals surface area (Å²) in [6.45, 7) is 11.4. The van der Waals surface area contributed by atoms with Crippen LogP contribution in [0.2, 0.25) is 0 Å². The van der Waals surface area contributed by atoms with E-state index in [2.05, 4.69) is 0 Å². The van der Waals surface area contributed by atoms with Gasteiger partial charge in [0.05, 0.1) is 18.3 Å². The van der Waals surface area contributed by atoms with E-state index in [1.54, 1.807) is 20.8 Å². The van der Waals surface area contributed by atoms with Crippen LogP contribution >= 0.6 is 0 Å². The van der Waals surface area contributed by atoms with E-state index in [0.717, 1.165) is 5.57 Å². The first kappa shape index (κ1) is 36.3. The molecule has 0 aromatic heterocycles. The van der Waals surface area contributed by atoms with Gasteiger partial charge in [0.2, 0.25) is 6.29 Å². The largest absolute Gasteiger partial charge is 0.458 e. The fourth-order valence-corrected chi connectivity index (χ4v) is 10.1. The third kappa shape index (κ3) is 5.38. The van der Waals surface area contributed by atoms with Crippen LogP contribution in [0.5, 0.6) is 0 Å². The smallest absolute Gasteiger partial charge is 0.229 e. The van der Waals surface area contributed by atoms with Crippen LogP contribution in [0.4, 0.5) is 0 Å². The van der Waals surface area contributed by atoms with Gasteiger partial charge < -0.3 is 45.2 Å². The Morgan fingerprint density at radius 2 is 1.66 bits per heavy atom. The molecule has 13 atom stereocenters. The highest BCUT2D eigenvalue weighted by molar-refractivity contribution is 5.99. The van der Waals surface area contributed by atoms with Crippen molar-refractivity contribution in [2.45, 2.75) is 135 Å². The van der Waals surface area contributed by atoms with E-state index in [-0.39, 0.29) is 49.6 Å². The third-order valence-electron chi connectivity index (χ3n) is 12.9. The van der Waals surface area contributed by atoms with Crippen molar-refractivity contribution in [3.8, 4) is 0 Å². The van der Waals surface area contributed by atoms with Gasteiger partial charge in [-0.25, -0.2) is 0 Å². The van der Waals surface area contributed by atoms with Crippen molar-refractivity contribution >= 4 is 17.3 Å². The minimum atomic E-state index is -1.95. The Kier molecular flexibility index (Phi) is 9.10. The van der Waals surface area contributed by atoms with Crippen LogP contribution < -0.4 is 0 Å². The molecule has 12 nitrogen and oxygen atoms in total. The molecular formula is C35H52O12. The molecule has 264 valence electrons. The standard InChI is InChI=1S/C35H52O12/c1-16-17-8-9-22-32(4)13-20(38)29(35(7,45)23(39)10-11-31(2,3)44)33(32,5)14-24(40)34(22,6)18(17)12-19(37)28(16)47-30-27(43)26(42)25(41)21(15-36)46-30/h8,18,20-22,25-27,29-30,36,38,41-45H,9-15H2,1-7H3. The molecule has 2 saturated carbocycles. The van der Waals surface area contributed by atoms with E-state index in [4.69, 9.17) is 9.47 Å². The lowest BCUT2D eigenvalue weighted by Crippen LogP contribution is -2.64. The van der Waals surface area contributed by atoms with Gasteiger partial charge in [-0.15, -0.1) is 0 Å². The van der Waals surface area contributed by atoms with Gasteiger partial charge in [-0.05, 0) is 74.9 Å². The number of Topliss-reactive ketones (excluding diaryl/α,β-unsaturated/α-hetero) is 3. The second kappa shape index (κ2) is 11.8. The Balaban J connectivity index is 1.48. The molecule has 0 spiro atoms. The Labute approximate surface area is 275 Å². The Hall–Kier alpha value is -2.03. The third-order valence-corrected chi connectivity index (χ3v) is 12.9. The number of carbonyl (C=O) groups excluding carboxylic acids is 3. The quantitative estimate of drug-likeness (QED) is 0.193. The summed E-state index contributed by atoms with van der Waals surface area (Å²) < 4.78 is 11.3. The van der Waals surface area contributed by atoms with E-state index < -0.39 is 94.3 Å². The minimum absolute atomic E-state index is 0.0118. The number of carbonyl (C=O) groups is 3. The van der Waals surface area contributed by atoms with Crippen molar-refractivity contribution in [1.29, 1.82) is 0 Å². The molecule has 3 fully saturated rings. The molecule has 12 heteroatoms. The minimum Gasteiger partial charge on any atom is -0.458 e. The Morgan fingerprint density at radius 3 is 2.26 bits per heavy atom. The van der Waals surface area contributed by atoms with E-state index in [1.807, 2.05) is 26.8 Å². The summed E-state index contributed by atoms with van der Waals surface area (Å²) in [6.07, 6.45) is -6.16. The molecule has 13 unspecified atom stereocenters. The summed E-state index contributed by atoms with van der Waals surface area (Å²) >= 11 is 0. The zero-order valence-electron chi connectivity index (χ0n) is 28.4. The van der Waals surface area contributed by atoms with Crippen molar-refractivity contribution in [3.63, 3.8) is 0 Å². The monoisotopic (exact) mass is 664 g/mol. The summed E-state index contributed by atoms with van der Waals surface area (Å²) in [4.78, 5) is 41.7. The van der Waals surface area contributed by atoms with Gasteiger partial charge in [0, 0.05) is 36.5 Å². The van der Waals surface area contributed by atoms with Crippen molar-refractivity contribution in [1.82, 2.24) is 0 Å². The number of ketones is 3. The van der Waals surface area contributed by atoms with Crippen molar-refractivity contribution in [2.75, 3.05) is 6.61 Å². The van der Waals surface area contributed by atoms with Crippen molar-refractivity contribution in [3.05, 3.63) is 23.0 Å². The topological polar surface area (TPSA) is 211 Å². The molecule has 0 amide bonds. The maximum absolute atomic E-state index is 14.5. The van der Waals surface area contributed by atoms with Gasteiger partial charge in [0.25, 0.3) is 0 Å². The predicted octanol–water partition coefficient (Wildman–Crippen LogP) is 0.856. The molecular weight excluding hydrogens is 612 g/mol. The van der Waals surface area contributed by atoms with Crippen LogP contribution in [-0.4, -0.2) is 108 Å².